The van der Waals surface area contributed by atoms with E-state index in [4.69, 9.17) is 19.7 Å². The van der Waals surface area contributed by atoms with Crippen molar-refractivity contribution in [2.24, 2.45) is 34.7 Å². The van der Waals surface area contributed by atoms with E-state index in [1.165, 1.54) is 68.9 Å². The van der Waals surface area contributed by atoms with Crippen molar-refractivity contribution in [1.82, 2.24) is 45.3 Å². The van der Waals surface area contributed by atoms with E-state index >= 15 is 14.4 Å². The number of azide groups is 1. The zero-order valence-corrected chi connectivity index (χ0v) is 59.1. The maximum atomic E-state index is 15.3. The number of piperidine rings is 1. The van der Waals surface area contributed by atoms with Crippen LogP contribution in [0.5, 0.6) is 5.75 Å². The molecule has 0 radical (unpaired) electrons. The Hall–Kier alpha value is -8.28. The van der Waals surface area contributed by atoms with Crippen LogP contribution in [0.25, 0.3) is 10.4 Å². The summed E-state index contributed by atoms with van der Waals surface area (Å²) in [5.41, 5.74) is 9.44. The SMILES string of the molecule is CC[C@H](C)[C@@H](C(=O)NCC(=O)N(C)[C@H](C(=O)N[C@@H](Cc1ccc(OC)cc1)C(=O)OCc1ccccc1)C(C)C)N(C)C(=O)[C@H]([C@@H](C)CC)N(C)C(=O)[C@H](CC(=O)OC(C)(C)C)N(C)C(=O)[C@@H](NC(=O)[C@H](C(C)C)N(C)C(=O)[C@@H]1CCCCN1C(=O)[C@H](C)N=[N+]=[N-])C(C)C. The molecule has 3 N–H and O–H groups in total. The zero-order valence-electron chi connectivity index (χ0n) is 59.1. The molecular weight excluding hydrogens is 1210 g/mol. The van der Waals surface area contributed by atoms with Gasteiger partial charge in [0.15, 0.2) is 0 Å². The number of hydrogen-bond donors (Lipinski definition) is 3. The molecular formula is C68H106N12O14. The monoisotopic (exact) mass is 1310 g/mol. The number of nitrogens with one attached hydrogen (secondary N) is 3. The van der Waals surface area contributed by atoms with Crippen molar-refractivity contribution in [2.75, 3.05) is 55.4 Å². The summed E-state index contributed by atoms with van der Waals surface area (Å²) in [7, 11) is 8.49. The summed E-state index contributed by atoms with van der Waals surface area (Å²) < 4.78 is 16.7. The van der Waals surface area contributed by atoms with E-state index in [1.54, 1.807) is 113 Å². The molecule has 0 aliphatic carbocycles. The third-order valence-electron chi connectivity index (χ3n) is 17.4. The van der Waals surface area contributed by atoms with Crippen LogP contribution < -0.4 is 20.7 Å². The number of carbonyl (C=O) groups is 11. The fourth-order valence-corrected chi connectivity index (χ4v) is 11.7. The number of amides is 9. The van der Waals surface area contributed by atoms with Crippen LogP contribution in [0, 0.1) is 29.6 Å². The van der Waals surface area contributed by atoms with Gasteiger partial charge in [0.25, 0.3) is 0 Å². The molecule has 0 unspecified atom stereocenters. The molecule has 26 nitrogen and oxygen atoms in total. The van der Waals surface area contributed by atoms with Gasteiger partial charge in [-0.05, 0) is 105 Å². The topological polar surface area (TPSA) is 320 Å². The lowest BCUT2D eigenvalue weighted by atomic mass is 9.92. The van der Waals surface area contributed by atoms with Gasteiger partial charge in [0.2, 0.25) is 53.2 Å². The molecule has 1 aliphatic heterocycles. The minimum Gasteiger partial charge on any atom is -0.497 e. The van der Waals surface area contributed by atoms with E-state index in [2.05, 4.69) is 26.0 Å². The normalized spacial score (nSPS) is 16.4. The lowest BCUT2D eigenvalue weighted by Crippen LogP contribution is -2.63. The van der Waals surface area contributed by atoms with Crippen molar-refractivity contribution >= 4 is 65.1 Å². The minimum atomic E-state index is -1.62. The molecule has 522 valence electrons. The Bertz CT molecular complexity index is 2970. The van der Waals surface area contributed by atoms with Crippen molar-refractivity contribution < 1.29 is 67.0 Å². The number of rotatable bonds is 33. The number of benzene rings is 2. The molecule has 11 atom stereocenters. The standard InChI is InChI=1S/C68H106N12O14/c1-21-43(9)57(59(83)70-38-52(81)76(16)55(41(5)6)60(84)71-49(36-46-31-33-48(92-20)34-32-46)67(91)93-39-47-28-24-23-25-29-47)78(18)66(90)58(44(10)22-2)79(19)64(88)51(37-53(82)94-68(12,13)14)75(15)65(89)54(40(3)4)72-61(85)56(42(7)8)77(17)63(87)50-30-26-27-35-80(50)62(86)45(11)73-74-69/h23-25,28-29,31-34,40-45,49-51,54-58H,21-22,26-27,30,35-39H2,1-20H3,(H,70,83)(H,71,84)(H,72,85)/t43-,44-,45-,49-,50-,51-,54-,55-,56-,57-,58-/m0/s1. The predicted molar refractivity (Wildman–Crippen MR) is 354 cm³/mol. The summed E-state index contributed by atoms with van der Waals surface area (Å²) >= 11 is 0. The smallest absolute Gasteiger partial charge is 0.329 e. The second-order valence-electron chi connectivity index (χ2n) is 26.7. The van der Waals surface area contributed by atoms with Crippen molar-refractivity contribution in [3.8, 4) is 5.75 Å². The number of hydrogen-bond acceptors (Lipinski definition) is 15. The van der Waals surface area contributed by atoms with E-state index in [-0.39, 0.29) is 19.6 Å². The lowest BCUT2D eigenvalue weighted by Gasteiger charge is -2.41. The molecule has 94 heavy (non-hydrogen) atoms. The van der Waals surface area contributed by atoms with Gasteiger partial charge in [0.1, 0.15) is 72.3 Å². The largest absolute Gasteiger partial charge is 0.497 e. The molecule has 0 saturated carbocycles. The highest BCUT2D eigenvalue weighted by molar-refractivity contribution is 5.99. The van der Waals surface area contributed by atoms with Crippen molar-refractivity contribution in [1.29, 1.82) is 0 Å². The highest BCUT2D eigenvalue weighted by atomic mass is 16.6. The molecule has 26 heteroatoms. The quantitative estimate of drug-likeness (QED) is 0.0316. The molecule has 1 saturated heterocycles. The number of nitrogens with zero attached hydrogens (tertiary/aromatic N) is 9. The van der Waals surface area contributed by atoms with Crippen LogP contribution in [-0.4, -0.2) is 210 Å². The van der Waals surface area contributed by atoms with Crippen molar-refractivity contribution in [2.45, 2.75) is 208 Å². The molecule has 1 aliphatic rings. The van der Waals surface area contributed by atoms with Gasteiger partial charge >= 0.3 is 11.9 Å². The zero-order chi connectivity index (χ0) is 71.2. The minimum absolute atomic E-state index is 0.0469. The Balaban J connectivity index is 1.95. The van der Waals surface area contributed by atoms with Gasteiger partial charge in [-0.1, -0.05) is 130 Å². The second kappa shape index (κ2) is 37.0. The summed E-state index contributed by atoms with van der Waals surface area (Å²) in [6.45, 7) is 23.3. The summed E-state index contributed by atoms with van der Waals surface area (Å²) in [5, 5.41) is 11.9. The van der Waals surface area contributed by atoms with Crippen LogP contribution in [0.15, 0.2) is 59.7 Å². The summed E-state index contributed by atoms with van der Waals surface area (Å²) in [6, 6.07) is 5.08. The molecule has 2 aromatic carbocycles. The number of likely N-dealkylation sites (tertiary alicyclic amines) is 1. The number of likely N-dealkylation sites (N-methyl/N-ethyl adjacent to an activating group) is 5. The average molecular weight is 1320 g/mol. The first-order chi connectivity index (χ1) is 44.0. The van der Waals surface area contributed by atoms with Crippen molar-refractivity contribution in [3.05, 3.63) is 76.2 Å². The van der Waals surface area contributed by atoms with E-state index in [0.29, 0.717) is 43.4 Å². The fraction of sp³-hybridized carbons (Fsp3) is 0.662. The Kier molecular flexibility index (Phi) is 31.5. The van der Waals surface area contributed by atoms with Crippen LogP contribution in [0.3, 0.4) is 0 Å². The Morgan fingerprint density at radius 1 is 0.649 bits per heavy atom. The fourth-order valence-electron chi connectivity index (χ4n) is 11.7. The van der Waals surface area contributed by atoms with Crippen LogP contribution in [0.2, 0.25) is 0 Å². The molecule has 3 rings (SSSR count). The molecule has 0 aromatic heterocycles. The molecule has 1 fully saturated rings. The molecule has 1 heterocycles. The first-order valence-corrected chi connectivity index (χ1v) is 32.6. The van der Waals surface area contributed by atoms with Gasteiger partial charge in [-0.2, -0.15) is 0 Å². The average Bonchev–Trinajstić information content (AvgIpc) is 0.813. The van der Waals surface area contributed by atoms with Gasteiger partial charge in [-0.15, -0.1) is 0 Å². The number of ether oxygens (including phenoxy) is 3. The van der Waals surface area contributed by atoms with E-state index < -0.39 is 168 Å². The number of carbonyl (C=O) groups excluding carboxylic acids is 11. The lowest BCUT2D eigenvalue weighted by molar-refractivity contribution is -0.162. The van der Waals surface area contributed by atoms with Crippen LogP contribution in [-0.2, 0) is 75.2 Å². The van der Waals surface area contributed by atoms with Gasteiger partial charge < -0.3 is 59.6 Å². The van der Waals surface area contributed by atoms with Gasteiger partial charge in [-0.3, -0.25) is 47.9 Å². The summed E-state index contributed by atoms with van der Waals surface area (Å²) in [5.74, 6) is -9.76. The molecule has 0 spiro atoms. The third kappa shape index (κ3) is 22.2. The number of methoxy groups -OCH3 is 1. The van der Waals surface area contributed by atoms with Gasteiger partial charge in [0.05, 0.1) is 20.1 Å². The molecule has 0 bridgehead atoms. The van der Waals surface area contributed by atoms with Crippen LogP contribution in [0.1, 0.15) is 147 Å². The highest BCUT2D eigenvalue weighted by Crippen LogP contribution is 2.27. The Labute approximate surface area is 555 Å². The number of esters is 2. The van der Waals surface area contributed by atoms with E-state index in [1.807, 2.05) is 32.0 Å². The summed E-state index contributed by atoms with van der Waals surface area (Å²) in [4.78, 5) is 168. The Morgan fingerprint density at radius 3 is 1.73 bits per heavy atom. The molecule has 9 amide bonds. The van der Waals surface area contributed by atoms with E-state index in [0.717, 1.165) is 15.4 Å². The third-order valence-corrected chi connectivity index (χ3v) is 17.4. The first kappa shape index (κ1) is 80.0. The maximum absolute atomic E-state index is 15.3. The molecule has 2 aromatic rings. The van der Waals surface area contributed by atoms with Crippen LogP contribution in [0.4, 0.5) is 0 Å². The first-order valence-electron chi connectivity index (χ1n) is 32.6. The van der Waals surface area contributed by atoms with Gasteiger partial charge in [-0.25, -0.2) is 4.79 Å². The predicted octanol–water partition coefficient (Wildman–Crippen LogP) is 6.07. The van der Waals surface area contributed by atoms with Crippen LogP contribution >= 0.6 is 0 Å². The van der Waals surface area contributed by atoms with Gasteiger partial charge in [0, 0.05) is 53.1 Å². The van der Waals surface area contributed by atoms with Crippen molar-refractivity contribution in [3.63, 3.8) is 0 Å². The summed E-state index contributed by atoms with van der Waals surface area (Å²) in [6.07, 6.45) is 1.64. The second-order valence-corrected chi connectivity index (χ2v) is 26.7. The highest BCUT2D eigenvalue weighted by Gasteiger charge is 2.46. The Morgan fingerprint density at radius 2 is 1.20 bits per heavy atom. The van der Waals surface area contributed by atoms with E-state index in [9.17, 15) is 38.4 Å². The maximum Gasteiger partial charge on any atom is 0.329 e.